The summed E-state index contributed by atoms with van der Waals surface area (Å²) in [7, 11) is 4.71. The number of nitrogens with one attached hydrogen (secondary N) is 1. The molecule has 1 N–H and O–H groups in total. The first-order valence-corrected chi connectivity index (χ1v) is 13.9. The number of hydrogen-bond acceptors (Lipinski definition) is 8. The second-order valence-electron chi connectivity index (χ2n) is 11.3. The summed E-state index contributed by atoms with van der Waals surface area (Å²) in [6.45, 7) is 4.67. The van der Waals surface area contributed by atoms with Crippen molar-refractivity contribution < 1.29 is 23.7 Å². The van der Waals surface area contributed by atoms with Crippen molar-refractivity contribution in [2.24, 2.45) is 5.41 Å². The lowest BCUT2D eigenvalue weighted by molar-refractivity contribution is -0.118. The van der Waals surface area contributed by atoms with Gasteiger partial charge in [-0.15, -0.1) is 5.10 Å². The Hall–Kier alpha value is -4.79. The average molecular weight is 567 g/mol. The summed E-state index contributed by atoms with van der Waals surface area (Å²) in [4.78, 5) is 18.6. The Bertz CT molecular complexity index is 1650. The Morgan fingerprint density at radius 1 is 0.929 bits per heavy atom. The molecule has 9 heteroatoms. The zero-order chi connectivity index (χ0) is 29.4. The van der Waals surface area contributed by atoms with Crippen LogP contribution in [0.25, 0.3) is 11.4 Å². The highest BCUT2D eigenvalue weighted by Gasteiger charge is 2.42. The topological polar surface area (TPSA) is 96.7 Å². The molecular weight excluding hydrogens is 532 g/mol. The van der Waals surface area contributed by atoms with Crippen LogP contribution in [0.15, 0.2) is 78.0 Å². The lowest BCUT2D eigenvalue weighted by Gasteiger charge is -2.38. The Labute approximate surface area is 245 Å². The maximum atomic E-state index is 13.7. The maximum absolute atomic E-state index is 13.7. The number of rotatable bonds is 8. The summed E-state index contributed by atoms with van der Waals surface area (Å²) in [5, 5.41) is 8.38. The number of Topliss-reactive ketones (excluding diaryl/α,β-unsaturated/α-hetero) is 1. The minimum atomic E-state index is -0.469. The van der Waals surface area contributed by atoms with Crippen LogP contribution in [0.3, 0.4) is 0 Å². The van der Waals surface area contributed by atoms with Gasteiger partial charge in [0.15, 0.2) is 23.1 Å². The number of ether oxygens (including phenoxy) is 4. The van der Waals surface area contributed by atoms with Crippen molar-refractivity contribution in [2.45, 2.75) is 39.3 Å². The molecule has 9 nitrogen and oxygen atoms in total. The van der Waals surface area contributed by atoms with E-state index in [4.69, 9.17) is 29.0 Å². The second kappa shape index (κ2) is 10.9. The van der Waals surface area contributed by atoms with Gasteiger partial charge in [0.05, 0.1) is 21.3 Å². The molecule has 0 spiro atoms. The summed E-state index contributed by atoms with van der Waals surface area (Å²) in [5.41, 5.74) is 4.09. The molecule has 42 heavy (non-hydrogen) atoms. The van der Waals surface area contributed by atoms with Crippen molar-refractivity contribution in [3.63, 3.8) is 0 Å². The van der Waals surface area contributed by atoms with Crippen LogP contribution in [0.2, 0.25) is 0 Å². The van der Waals surface area contributed by atoms with Gasteiger partial charge >= 0.3 is 0 Å². The van der Waals surface area contributed by atoms with Crippen LogP contribution >= 0.6 is 0 Å². The van der Waals surface area contributed by atoms with Crippen LogP contribution < -0.4 is 24.3 Å². The van der Waals surface area contributed by atoms with Gasteiger partial charge in [-0.3, -0.25) is 4.79 Å². The van der Waals surface area contributed by atoms with Crippen LogP contribution in [-0.4, -0.2) is 41.9 Å². The van der Waals surface area contributed by atoms with E-state index in [0.29, 0.717) is 58.9 Å². The van der Waals surface area contributed by atoms with Crippen molar-refractivity contribution >= 4 is 11.7 Å². The molecule has 1 aliphatic carbocycles. The fraction of sp³-hybridized carbons (Fsp3) is 0.303. The zero-order valence-corrected chi connectivity index (χ0v) is 24.4. The van der Waals surface area contributed by atoms with Crippen molar-refractivity contribution in [2.75, 3.05) is 26.6 Å². The van der Waals surface area contributed by atoms with Crippen molar-refractivity contribution in [1.29, 1.82) is 0 Å². The molecule has 1 atom stereocenters. The Balaban J connectivity index is 1.44. The average Bonchev–Trinajstić information content (AvgIpc) is 3.42. The van der Waals surface area contributed by atoms with E-state index in [1.54, 1.807) is 26.0 Å². The molecule has 2 aliphatic rings. The number of nitrogens with zero attached hydrogens (tertiary/aromatic N) is 3. The highest BCUT2D eigenvalue weighted by molar-refractivity contribution is 6.00. The minimum Gasteiger partial charge on any atom is -0.493 e. The summed E-state index contributed by atoms with van der Waals surface area (Å²) in [6.07, 6.45) is 1.18. The molecule has 3 aromatic carbocycles. The van der Waals surface area contributed by atoms with Gasteiger partial charge in [0.2, 0.25) is 11.7 Å². The molecule has 4 aromatic rings. The number of fused-ring (bicyclic) bond motifs is 1. The maximum Gasteiger partial charge on any atom is 0.226 e. The van der Waals surface area contributed by atoms with E-state index in [-0.39, 0.29) is 11.2 Å². The number of benzene rings is 3. The molecule has 0 saturated carbocycles. The van der Waals surface area contributed by atoms with Crippen LogP contribution in [0.5, 0.6) is 23.0 Å². The number of hydrogen-bond donors (Lipinski definition) is 1. The lowest BCUT2D eigenvalue weighted by atomic mass is 9.73. The highest BCUT2D eigenvalue weighted by atomic mass is 16.5. The zero-order valence-electron chi connectivity index (χ0n) is 24.4. The minimum absolute atomic E-state index is 0.102. The molecule has 1 aromatic heterocycles. The third-order valence-electron chi connectivity index (χ3n) is 7.68. The first-order valence-electron chi connectivity index (χ1n) is 13.9. The van der Waals surface area contributed by atoms with E-state index in [0.717, 1.165) is 23.2 Å². The van der Waals surface area contributed by atoms with Gasteiger partial charge in [-0.1, -0.05) is 56.3 Å². The van der Waals surface area contributed by atoms with Crippen molar-refractivity contribution in [1.82, 2.24) is 14.8 Å². The van der Waals surface area contributed by atoms with E-state index in [1.165, 1.54) is 0 Å². The van der Waals surface area contributed by atoms with E-state index in [9.17, 15) is 4.79 Å². The first kappa shape index (κ1) is 27.4. The molecule has 0 saturated heterocycles. The monoisotopic (exact) mass is 566 g/mol. The molecule has 6 rings (SSSR count). The number of carbonyl (C=O) groups excluding carboxylic acids is 1. The molecule has 0 fully saturated rings. The standard InChI is InChI=1S/C33H34N4O5/c1-33(2)17-24-28(25(38)18-33)29(21-12-9-13-23(14-21)42-19-20-10-7-6-8-11-20)37-32(34-24)35-31(36-37)22-15-26(39-3)30(41-5)27(16-22)40-4/h6-16,29H,17-19H2,1-5H3,(H,34,35,36). The van der Waals surface area contributed by atoms with Gasteiger partial charge in [0.25, 0.3) is 0 Å². The van der Waals surface area contributed by atoms with Gasteiger partial charge < -0.3 is 24.3 Å². The van der Waals surface area contributed by atoms with E-state index < -0.39 is 6.04 Å². The largest absolute Gasteiger partial charge is 0.493 e. The number of ketones is 1. The predicted molar refractivity (Wildman–Crippen MR) is 159 cm³/mol. The van der Waals surface area contributed by atoms with Gasteiger partial charge in [0, 0.05) is 23.3 Å². The fourth-order valence-electron chi connectivity index (χ4n) is 5.76. The number of carbonyl (C=O) groups is 1. The molecule has 0 bridgehead atoms. The Kier molecular flexibility index (Phi) is 7.10. The molecule has 2 heterocycles. The Morgan fingerprint density at radius 3 is 2.36 bits per heavy atom. The summed E-state index contributed by atoms with van der Waals surface area (Å²) < 4.78 is 24.6. The van der Waals surface area contributed by atoms with Crippen LogP contribution in [-0.2, 0) is 11.4 Å². The smallest absolute Gasteiger partial charge is 0.226 e. The third-order valence-corrected chi connectivity index (χ3v) is 7.68. The van der Waals surface area contributed by atoms with Crippen molar-refractivity contribution in [3.8, 4) is 34.4 Å². The van der Waals surface area contributed by atoms with Gasteiger partial charge in [-0.25, -0.2) is 4.68 Å². The number of methoxy groups -OCH3 is 3. The normalized spacial score (nSPS) is 17.2. The van der Waals surface area contributed by atoms with E-state index >= 15 is 0 Å². The van der Waals surface area contributed by atoms with Crippen LogP contribution in [0.1, 0.15) is 43.9 Å². The molecular formula is C33H34N4O5. The van der Waals surface area contributed by atoms with E-state index in [1.807, 2.05) is 66.7 Å². The molecule has 1 aliphatic heterocycles. The summed E-state index contributed by atoms with van der Waals surface area (Å²) in [6, 6.07) is 21.1. The molecule has 216 valence electrons. The highest BCUT2D eigenvalue weighted by Crippen LogP contribution is 2.47. The fourth-order valence-corrected chi connectivity index (χ4v) is 5.76. The second-order valence-corrected chi connectivity index (χ2v) is 11.3. The molecule has 0 radical (unpaired) electrons. The molecule has 0 amide bonds. The van der Waals surface area contributed by atoms with Crippen LogP contribution in [0.4, 0.5) is 5.95 Å². The van der Waals surface area contributed by atoms with Gasteiger partial charge in [0.1, 0.15) is 18.4 Å². The first-order chi connectivity index (χ1) is 20.3. The Morgan fingerprint density at radius 2 is 1.67 bits per heavy atom. The SMILES string of the molecule is COc1cc(-c2nc3n(n2)C(c2cccc(OCc4ccccc4)c2)C2=C(CC(C)(C)CC2=O)N3)cc(OC)c1OC. The van der Waals surface area contributed by atoms with Gasteiger partial charge in [-0.05, 0) is 47.2 Å². The van der Waals surface area contributed by atoms with Gasteiger partial charge in [-0.2, -0.15) is 4.98 Å². The molecule has 1 unspecified atom stereocenters. The summed E-state index contributed by atoms with van der Waals surface area (Å²) in [5.74, 6) is 3.33. The number of aromatic nitrogens is 3. The van der Waals surface area contributed by atoms with Crippen molar-refractivity contribution in [3.05, 3.63) is 89.1 Å². The number of allylic oxidation sites excluding steroid dienone is 2. The third kappa shape index (κ3) is 5.06. The predicted octanol–water partition coefficient (Wildman–Crippen LogP) is 6.21. The van der Waals surface area contributed by atoms with E-state index in [2.05, 4.69) is 19.2 Å². The summed E-state index contributed by atoms with van der Waals surface area (Å²) >= 11 is 0. The quantitative estimate of drug-likeness (QED) is 0.269. The lowest BCUT2D eigenvalue weighted by Crippen LogP contribution is -2.36. The number of anilines is 1. The van der Waals surface area contributed by atoms with Crippen LogP contribution in [0, 0.1) is 5.41 Å².